The topological polar surface area (TPSA) is 132 Å². The summed E-state index contributed by atoms with van der Waals surface area (Å²) in [5.74, 6) is -0.773. The zero-order valence-corrected chi connectivity index (χ0v) is 24.7. The number of nitrogens with zero attached hydrogens (tertiary/aromatic N) is 1. The number of aromatic nitrogens is 1. The van der Waals surface area contributed by atoms with Gasteiger partial charge in [-0.25, -0.2) is 14.6 Å². The van der Waals surface area contributed by atoms with Gasteiger partial charge in [0.25, 0.3) is 5.91 Å². The number of pyridine rings is 1. The van der Waals surface area contributed by atoms with Crippen molar-refractivity contribution in [2.75, 3.05) is 33.7 Å². The fraction of sp³-hybridized carbons (Fsp3) is 0.724. The summed E-state index contributed by atoms with van der Waals surface area (Å²) < 4.78 is 32.9. The van der Waals surface area contributed by atoms with Crippen LogP contribution in [0.2, 0.25) is 0 Å². The van der Waals surface area contributed by atoms with E-state index in [1.807, 2.05) is 6.92 Å². The van der Waals surface area contributed by atoms with Crippen LogP contribution in [-0.4, -0.2) is 74.8 Å². The summed E-state index contributed by atoms with van der Waals surface area (Å²) in [6.45, 7) is 10.3. The molecule has 0 aromatic carbocycles. The molecule has 0 bridgehead atoms. The van der Waals surface area contributed by atoms with E-state index in [-0.39, 0.29) is 35.8 Å². The molecule has 40 heavy (non-hydrogen) atoms. The summed E-state index contributed by atoms with van der Waals surface area (Å²) in [6, 6.07) is 0.633. The number of methoxy groups -OCH3 is 1. The Morgan fingerprint density at radius 3 is 2.67 bits per heavy atom. The summed E-state index contributed by atoms with van der Waals surface area (Å²) in [5, 5.41) is 2.76. The van der Waals surface area contributed by atoms with Gasteiger partial charge in [-0.3, -0.25) is 4.79 Å². The van der Waals surface area contributed by atoms with Crippen LogP contribution in [0.5, 0.6) is 11.5 Å². The van der Waals surface area contributed by atoms with Gasteiger partial charge < -0.3 is 33.7 Å². The Kier molecular flexibility index (Phi) is 14.7. The molecule has 1 aromatic rings. The number of carbonyl (C=O) groups is 3. The monoisotopic (exact) mass is 566 g/mol. The lowest BCUT2D eigenvalue weighted by Crippen LogP contribution is -2.44. The third-order valence-electron chi connectivity index (χ3n) is 6.67. The van der Waals surface area contributed by atoms with Crippen LogP contribution < -0.4 is 14.8 Å². The SMILES string of the molecule is CCCOC1C(CCC(C)C)CCCC(NC(=O)c2nccc(OC)c2OCOC(=O)COCC)C(=O)OC1C. The molecule has 1 aliphatic rings. The van der Waals surface area contributed by atoms with Crippen LogP contribution in [0, 0.1) is 11.8 Å². The van der Waals surface area contributed by atoms with E-state index in [1.54, 1.807) is 6.92 Å². The molecule has 4 atom stereocenters. The van der Waals surface area contributed by atoms with Crippen molar-refractivity contribution in [1.82, 2.24) is 10.3 Å². The molecule has 4 unspecified atom stereocenters. The number of rotatable bonds is 15. The Labute approximate surface area is 237 Å². The van der Waals surface area contributed by atoms with Gasteiger partial charge in [0.2, 0.25) is 6.79 Å². The largest absolute Gasteiger partial charge is 0.493 e. The minimum absolute atomic E-state index is 0.0155. The molecule has 0 aliphatic carbocycles. The van der Waals surface area contributed by atoms with E-state index in [4.69, 9.17) is 28.4 Å². The van der Waals surface area contributed by atoms with Gasteiger partial charge in [0.05, 0.1) is 13.2 Å². The maximum Gasteiger partial charge on any atom is 0.334 e. The molecule has 2 rings (SSSR count). The first-order chi connectivity index (χ1) is 19.2. The third-order valence-corrected chi connectivity index (χ3v) is 6.67. The number of hydrogen-bond acceptors (Lipinski definition) is 10. The van der Waals surface area contributed by atoms with E-state index < -0.39 is 36.8 Å². The van der Waals surface area contributed by atoms with Gasteiger partial charge in [-0.1, -0.05) is 33.6 Å². The molecule has 11 heteroatoms. The van der Waals surface area contributed by atoms with Crippen LogP contribution in [-0.2, 0) is 28.5 Å². The highest BCUT2D eigenvalue weighted by Crippen LogP contribution is 2.31. The van der Waals surface area contributed by atoms with E-state index in [0.29, 0.717) is 32.0 Å². The minimum Gasteiger partial charge on any atom is -0.493 e. The highest BCUT2D eigenvalue weighted by Gasteiger charge is 2.35. The molecule has 1 amide bonds. The summed E-state index contributed by atoms with van der Waals surface area (Å²) in [4.78, 5) is 42.4. The smallest absolute Gasteiger partial charge is 0.334 e. The predicted octanol–water partition coefficient (Wildman–Crippen LogP) is 4.07. The van der Waals surface area contributed by atoms with E-state index in [2.05, 4.69) is 31.1 Å². The molecule has 1 aromatic heterocycles. The molecule has 2 heterocycles. The molecule has 0 spiro atoms. The average molecular weight is 567 g/mol. The van der Waals surface area contributed by atoms with E-state index >= 15 is 0 Å². The van der Waals surface area contributed by atoms with Crippen molar-refractivity contribution in [1.29, 1.82) is 0 Å². The van der Waals surface area contributed by atoms with E-state index in [9.17, 15) is 14.4 Å². The molecule has 11 nitrogen and oxygen atoms in total. The Morgan fingerprint density at radius 1 is 1.23 bits per heavy atom. The minimum atomic E-state index is -0.879. The maximum atomic E-state index is 13.3. The first-order valence-corrected chi connectivity index (χ1v) is 14.2. The molecule has 1 saturated heterocycles. The van der Waals surface area contributed by atoms with Crippen molar-refractivity contribution >= 4 is 17.8 Å². The molecule has 1 N–H and O–H groups in total. The second-order valence-corrected chi connectivity index (χ2v) is 10.3. The summed E-state index contributed by atoms with van der Waals surface area (Å²) in [6.07, 6.45) is 5.61. The number of amides is 1. The zero-order chi connectivity index (χ0) is 29.5. The lowest BCUT2D eigenvalue weighted by atomic mass is 9.86. The maximum absolute atomic E-state index is 13.3. The van der Waals surface area contributed by atoms with Crippen LogP contribution in [0.15, 0.2) is 12.3 Å². The summed E-state index contributed by atoms with van der Waals surface area (Å²) in [7, 11) is 1.41. The van der Waals surface area contributed by atoms with Gasteiger partial charge in [-0.05, 0) is 51.4 Å². The fourth-order valence-electron chi connectivity index (χ4n) is 4.59. The summed E-state index contributed by atoms with van der Waals surface area (Å²) >= 11 is 0. The summed E-state index contributed by atoms with van der Waals surface area (Å²) in [5.41, 5.74) is -0.111. The van der Waals surface area contributed by atoms with Crippen molar-refractivity contribution in [2.24, 2.45) is 11.8 Å². The molecule has 1 fully saturated rings. The van der Waals surface area contributed by atoms with Gasteiger partial charge in [-0.2, -0.15) is 0 Å². The molecule has 226 valence electrons. The average Bonchev–Trinajstić information content (AvgIpc) is 2.97. The van der Waals surface area contributed by atoms with Gasteiger partial charge in [-0.15, -0.1) is 0 Å². The first-order valence-electron chi connectivity index (χ1n) is 14.2. The lowest BCUT2D eigenvalue weighted by molar-refractivity contribution is -0.161. The molecular formula is C29H46N2O9. The normalized spacial score (nSPS) is 21.5. The van der Waals surface area contributed by atoms with Crippen LogP contribution >= 0.6 is 0 Å². The number of ether oxygens (including phenoxy) is 6. The number of hydrogen-bond donors (Lipinski definition) is 1. The molecule has 1 aliphatic heterocycles. The molecule has 0 radical (unpaired) electrons. The van der Waals surface area contributed by atoms with Crippen molar-refractivity contribution in [3.63, 3.8) is 0 Å². The zero-order valence-electron chi connectivity index (χ0n) is 24.7. The number of carbonyl (C=O) groups excluding carboxylic acids is 3. The lowest BCUT2D eigenvalue weighted by Gasteiger charge is -2.31. The Bertz CT molecular complexity index is 940. The fourth-order valence-corrected chi connectivity index (χ4v) is 4.59. The van der Waals surface area contributed by atoms with Crippen molar-refractivity contribution in [2.45, 2.75) is 91.4 Å². The number of esters is 2. The highest BCUT2D eigenvalue weighted by molar-refractivity contribution is 5.98. The van der Waals surface area contributed by atoms with Crippen LogP contribution in [0.25, 0.3) is 0 Å². The van der Waals surface area contributed by atoms with Crippen molar-refractivity contribution < 1.29 is 42.8 Å². The van der Waals surface area contributed by atoms with Crippen molar-refractivity contribution in [3.05, 3.63) is 18.0 Å². The van der Waals surface area contributed by atoms with Gasteiger partial charge >= 0.3 is 11.9 Å². The van der Waals surface area contributed by atoms with Crippen LogP contribution in [0.4, 0.5) is 0 Å². The number of cyclic esters (lactones) is 1. The second kappa shape index (κ2) is 17.7. The van der Waals surface area contributed by atoms with Crippen LogP contribution in [0.1, 0.15) is 83.6 Å². The number of nitrogens with one attached hydrogen (secondary N) is 1. The standard InChI is InChI=1S/C29H46N2O9/c1-7-16-37-26-20(5)40-29(34)22(11-9-10-21(26)13-12-19(3)4)31-28(33)25-27(23(35-6)14-15-30-25)39-18-38-24(32)17-36-8-2/h14-15,19-22,26H,7-13,16-18H2,1-6H3,(H,31,33). The first kappa shape index (κ1) is 33.3. The Hall–Kier alpha value is -2.92. The Balaban J connectivity index is 2.16. The highest BCUT2D eigenvalue weighted by atomic mass is 16.7. The van der Waals surface area contributed by atoms with Gasteiger partial charge in [0.15, 0.2) is 17.2 Å². The third kappa shape index (κ3) is 10.6. The molecular weight excluding hydrogens is 520 g/mol. The second-order valence-electron chi connectivity index (χ2n) is 10.3. The quantitative estimate of drug-likeness (QED) is 0.245. The predicted molar refractivity (Wildman–Crippen MR) is 147 cm³/mol. The Morgan fingerprint density at radius 2 is 2.00 bits per heavy atom. The van der Waals surface area contributed by atoms with E-state index in [1.165, 1.54) is 19.4 Å². The van der Waals surface area contributed by atoms with Crippen molar-refractivity contribution in [3.8, 4) is 11.5 Å². The van der Waals surface area contributed by atoms with Crippen LogP contribution in [0.3, 0.4) is 0 Å². The van der Waals surface area contributed by atoms with Gasteiger partial charge in [0.1, 0.15) is 18.8 Å². The van der Waals surface area contributed by atoms with Gasteiger partial charge in [0, 0.05) is 25.5 Å². The van der Waals surface area contributed by atoms with E-state index in [0.717, 1.165) is 25.7 Å². The molecule has 0 saturated carbocycles.